The van der Waals surface area contributed by atoms with Crippen molar-refractivity contribution in [1.82, 2.24) is 4.98 Å². The van der Waals surface area contributed by atoms with Gasteiger partial charge in [0.15, 0.2) is 0 Å². The number of fused-ring (bicyclic) bond motifs is 1. The first-order valence-corrected chi connectivity index (χ1v) is 6.97. The molecule has 1 aromatic heterocycles. The van der Waals surface area contributed by atoms with Gasteiger partial charge in [-0.15, -0.1) is 0 Å². The number of rotatable bonds is 4. The van der Waals surface area contributed by atoms with Gasteiger partial charge in [-0.25, -0.2) is 0 Å². The maximum atomic E-state index is 12.3. The van der Waals surface area contributed by atoms with Gasteiger partial charge in [0.25, 0.3) is 0 Å². The standard InChI is InChI=1S/C15H18ClN3O/c1-3-8-15(2,17)14(20)19-12-7-6-11(16)10-5-4-9-18-13(10)12/h4-7,9H,3,8,17H2,1-2H3,(H,19,20). The molecule has 0 aliphatic carbocycles. The number of halogens is 1. The minimum Gasteiger partial charge on any atom is -0.323 e. The van der Waals surface area contributed by atoms with Gasteiger partial charge in [0.2, 0.25) is 5.91 Å². The van der Waals surface area contributed by atoms with Crippen LogP contribution in [0.4, 0.5) is 5.69 Å². The predicted molar refractivity (Wildman–Crippen MR) is 82.9 cm³/mol. The molecule has 5 heteroatoms. The number of amides is 1. The molecule has 3 N–H and O–H groups in total. The van der Waals surface area contributed by atoms with Gasteiger partial charge in [-0.2, -0.15) is 0 Å². The topological polar surface area (TPSA) is 68.0 Å². The summed E-state index contributed by atoms with van der Waals surface area (Å²) >= 11 is 6.13. The Labute approximate surface area is 123 Å². The van der Waals surface area contributed by atoms with Crippen LogP contribution in [-0.4, -0.2) is 16.4 Å². The summed E-state index contributed by atoms with van der Waals surface area (Å²) in [4.78, 5) is 16.5. The van der Waals surface area contributed by atoms with E-state index in [4.69, 9.17) is 17.3 Å². The molecule has 106 valence electrons. The van der Waals surface area contributed by atoms with Crippen LogP contribution in [0.5, 0.6) is 0 Å². The van der Waals surface area contributed by atoms with E-state index < -0.39 is 5.54 Å². The highest BCUT2D eigenvalue weighted by atomic mass is 35.5. The molecule has 0 radical (unpaired) electrons. The molecule has 1 atom stereocenters. The Morgan fingerprint density at radius 1 is 1.45 bits per heavy atom. The van der Waals surface area contributed by atoms with Crippen molar-refractivity contribution in [2.24, 2.45) is 5.73 Å². The first kappa shape index (κ1) is 14.8. The lowest BCUT2D eigenvalue weighted by molar-refractivity contribution is -0.120. The molecule has 1 unspecified atom stereocenters. The molecule has 0 spiro atoms. The van der Waals surface area contributed by atoms with Gasteiger partial charge in [-0.05, 0) is 37.6 Å². The van der Waals surface area contributed by atoms with Gasteiger partial charge in [0.1, 0.15) is 0 Å². The molecule has 0 saturated carbocycles. The lowest BCUT2D eigenvalue weighted by atomic mass is 9.96. The summed E-state index contributed by atoms with van der Waals surface area (Å²) < 4.78 is 0. The largest absolute Gasteiger partial charge is 0.323 e. The van der Waals surface area contributed by atoms with Gasteiger partial charge < -0.3 is 11.1 Å². The zero-order valence-corrected chi connectivity index (χ0v) is 12.4. The summed E-state index contributed by atoms with van der Waals surface area (Å²) in [6, 6.07) is 7.17. The van der Waals surface area contributed by atoms with E-state index >= 15 is 0 Å². The van der Waals surface area contributed by atoms with Crippen molar-refractivity contribution >= 4 is 34.1 Å². The summed E-state index contributed by atoms with van der Waals surface area (Å²) in [5, 5.41) is 4.27. The number of nitrogens with two attached hydrogens (primary N) is 1. The highest BCUT2D eigenvalue weighted by Gasteiger charge is 2.27. The minimum absolute atomic E-state index is 0.214. The molecule has 20 heavy (non-hydrogen) atoms. The molecule has 0 bridgehead atoms. The molecule has 0 saturated heterocycles. The number of carbonyl (C=O) groups is 1. The van der Waals surface area contributed by atoms with E-state index in [1.807, 2.05) is 19.1 Å². The van der Waals surface area contributed by atoms with Gasteiger partial charge in [-0.1, -0.05) is 24.9 Å². The van der Waals surface area contributed by atoms with Crippen LogP contribution in [0.1, 0.15) is 26.7 Å². The molecule has 4 nitrogen and oxygen atoms in total. The summed E-state index contributed by atoms with van der Waals surface area (Å²) in [5.74, 6) is -0.214. The lowest BCUT2D eigenvalue weighted by Crippen LogP contribution is -2.48. The van der Waals surface area contributed by atoms with Crippen molar-refractivity contribution in [2.75, 3.05) is 5.32 Å². The maximum Gasteiger partial charge on any atom is 0.244 e. The van der Waals surface area contributed by atoms with Crippen molar-refractivity contribution < 1.29 is 4.79 Å². The highest BCUT2D eigenvalue weighted by Crippen LogP contribution is 2.28. The molecular formula is C15H18ClN3O. The Hall–Kier alpha value is -1.65. The number of nitrogens with one attached hydrogen (secondary N) is 1. The van der Waals surface area contributed by atoms with E-state index in [0.717, 1.165) is 11.8 Å². The van der Waals surface area contributed by atoms with E-state index in [9.17, 15) is 4.79 Å². The fourth-order valence-corrected chi connectivity index (χ4v) is 2.35. The van der Waals surface area contributed by atoms with E-state index in [2.05, 4.69) is 10.3 Å². The second-order valence-electron chi connectivity index (χ2n) is 5.12. The number of anilines is 1. The SMILES string of the molecule is CCCC(C)(N)C(=O)Nc1ccc(Cl)c2cccnc12. The summed E-state index contributed by atoms with van der Waals surface area (Å²) in [6.07, 6.45) is 3.14. The number of aromatic nitrogens is 1. The quantitative estimate of drug-likeness (QED) is 0.908. The summed E-state index contributed by atoms with van der Waals surface area (Å²) in [6.45, 7) is 3.73. The molecule has 2 aromatic rings. The van der Waals surface area contributed by atoms with Crippen LogP contribution in [0.25, 0.3) is 10.9 Å². The zero-order chi connectivity index (χ0) is 14.8. The Balaban J connectivity index is 2.35. The van der Waals surface area contributed by atoms with Crippen molar-refractivity contribution in [3.63, 3.8) is 0 Å². The van der Waals surface area contributed by atoms with Crippen LogP contribution < -0.4 is 11.1 Å². The summed E-state index contributed by atoms with van der Waals surface area (Å²) in [7, 11) is 0. The maximum absolute atomic E-state index is 12.3. The number of pyridine rings is 1. The zero-order valence-electron chi connectivity index (χ0n) is 11.6. The van der Waals surface area contributed by atoms with Gasteiger partial charge in [0, 0.05) is 11.6 Å². The van der Waals surface area contributed by atoms with Crippen LogP contribution in [0.2, 0.25) is 5.02 Å². The highest BCUT2D eigenvalue weighted by molar-refractivity contribution is 6.36. The molecule has 0 fully saturated rings. The third kappa shape index (κ3) is 2.92. The second-order valence-corrected chi connectivity index (χ2v) is 5.52. The van der Waals surface area contributed by atoms with Crippen molar-refractivity contribution in [1.29, 1.82) is 0 Å². The smallest absolute Gasteiger partial charge is 0.244 e. The second kappa shape index (κ2) is 5.77. The Morgan fingerprint density at radius 2 is 2.20 bits per heavy atom. The molecule has 1 amide bonds. The first-order valence-electron chi connectivity index (χ1n) is 6.59. The van der Waals surface area contributed by atoms with Crippen molar-refractivity contribution in [3.05, 3.63) is 35.5 Å². The fraction of sp³-hybridized carbons (Fsp3) is 0.333. The average Bonchev–Trinajstić information content (AvgIpc) is 2.42. The predicted octanol–water partition coefficient (Wildman–Crippen LogP) is 3.34. The van der Waals surface area contributed by atoms with Crippen LogP contribution in [0, 0.1) is 0 Å². The van der Waals surface area contributed by atoms with E-state index in [0.29, 0.717) is 22.6 Å². The molecule has 0 aliphatic rings. The minimum atomic E-state index is -0.893. The number of carbonyl (C=O) groups excluding carboxylic acids is 1. The number of benzene rings is 1. The van der Waals surface area contributed by atoms with Gasteiger partial charge >= 0.3 is 0 Å². The number of hydrogen-bond donors (Lipinski definition) is 2. The Bertz CT molecular complexity index is 640. The molecule has 2 rings (SSSR count). The first-order chi connectivity index (χ1) is 9.45. The van der Waals surface area contributed by atoms with Crippen LogP contribution in [0.15, 0.2) is 30.5 Å². The molecular weight excluding hydrogens is 274 g/mol. The van der Waals surface area contributed by atoms with Crippen LogP contribution in [0.3, 0.4) is 0 Å². The summed E-state index contributed by atoms with van der Waals surface area (Å²) in [5.41, 5.74) is 6.44. The monoisotopic (exact) mass is 291 g/mol. The number of nitrogens with zero attached hydrogens (tertiary/aromatic N) is 1. The molecule has 1 heterocycles. The van der Waals surface area contributed by atoms with E-state index in [1.54, 1.807) is 25.3 Å². The fourth-order valence-electron chi connectivity index (χ4n) is 2.14. The van der Waals surface area contributed by atoms with Crippen LogP contribution in [-0.2, 0) is 4.79 Å². The van der Waals surface area contributed by atoms with E-state index in [-0.39, 0.29) is 5.91 Å². The molecule has 1 aromatic carbocycles. The van der Waals surface area contributed by atoms with Gasteiger partial charge in [0.05, 0.1) is 21.8 Å². The number of hydrogen-bond acceptors (Lipinski definition) is 3. The Morgan fingerprint density at radius 3 is 2.90 bits per heavy atom. The average molecular weight is 292 g/mol. The third-order valence-electron chi connectivity index (χ3n) is 3.25. The molecule has 0 aliphatic heterocycles. The van der Waals surface area contributed by atoms with Crippen molar-refractivity contribution in [3.8, 4) is 0 Å². The Kier molecular flexibility index (Phi) is 4.26. The van der Waals surface area contributed by atoms with Gasteiger partial charge in [-0.3, -0.25) is 9.78 Å². The van der Waals surface area contributed by atoms with Crippen molar-refractivity contribution in [2.45, 2.75) is 32.2 Å². The van der Waals surface area contributed by atoms with E-state index in [1.165, 1.54) is 0 Å². The normalized spacial score (nSPS) is 14.0. The third-order valence-corrected chi connectivity index (χ3v) is 3.58. The van der Waals surface area contributed by atoms with Crippen LogP contribution >= 0.6 is 11.6 Å². The lowest BCUT2D eigenvalue weighted by Gasteiger charge is -2.23.